The van der Waals surface area contributed by atoms with Crippen LogP contribution in [0.1, 0.15) is 0 Å². The molecule has 87 valence electrons. The predicted molar refractivity (Wildman–Crippen MR) is 72.8 cm³/mol. The van der Waals surface area contributed by atoms with Gasteiger partial charge in [-0.1, -0.05) is 48.0 Å². The Labute approximate surface area is 110 Å². The molecule has 0 N–H and O–H groups in total. The Hall–Kier alpha value is -2.06. The molecule has 0 unspecified atom stereocenters. The smallest absolute Gasteiger partial charge is 0.145 e. The first-order valence-electron chi connectivity index (χ1n) is 5.61. The zero-order valence-electron chi connectivity index (χ0n) is 9.55. The second kappa shape index (κ2) is 4.67. The van der Waals surface area contributed by atoms with Crippen LogP contribution >= 0.6 is 11.6 Å². The second-order valence-corrected chi connectivity index (χ2v) is 4.33. The minimum Gasteiger partial charge on any atom is -0.291 e. The van der Waals surface area contributed by atoms with E-state index in [2.05, 4.69) is 11.2 Å². The third-order valence-electron chi connectivity index (χ3n) is 2.68. The van der Waals surface area contributed by atoms with Gasteiger partial charge in [0.25, 0.3) is 0 Å². The zero-order chi connectivity index (χ0) is 12.4. The van der Waals surface area contributed by atoms with Gasteiger partial charge in [-0.15, -0.1) is 0 Å². The summed E-state index contributed by atoms with van der Waals surface area (Å²) in [6.07, 6.45) is 4.76. The Morgan fingerprint density at radius 1 is 1.00 bits per heavy atom. The number of benzene rings is 2. The highest BCUT2D eigenvalue weighted by Crippen LogP contribution is 2.22. The van der Waals surface area contributed by atoms with Crippen molar-refractivity contribution in [2.75, 3.05) is 0 Å². The number of rotatable bonds is 2. The van der Waals surface area contributed by atoms with E-state index in [0.29, 0.717) is 5.02 Å². The highest BCUT2D eigenvalue weighted by molar-refractivity contribution is 6.30. The number of imidazole rings is 1. The molecule has 0 saturated heterocycles. The molecule has 0 spiro atoms. The summed E-state index contributed by atoms with van der Waals surface area (Å²) in [5, 5.41) is 0.702. The van der Waals surface area contributed by atoms with Crippen LogP contribution in [0.5, 0.6) is 0 Å². The quantitative estimate of drug-likeness (QED) is 0.675. The molecule has 0 aliphatic rings. The summed E-state index contributed by atoms with van der Waals surface area (Å²) in [6, 6.07) is 17.7. The summed E-state index contributed by atoms with van der Waals surface area (Å²) < 4.78 is 1.90. The summed E-state index contributed by atoms with van der Waals surface area (Å²) in [7, 11) is 0. The molecular formula is C15H10ClN2. The summed E-state index contributed by atoms with van der Waals surface area (Å²) in [6.45, 7) is 0. The van der Waals surface area contributed by atoms with Crippen molar-refractivity contribution < 1.29 is 0 Å². The molecule has 0 atom stereocenters. The monoisotopic (exact) mass is 253 g/mol. The van der Waals surface area contributed by atoms with Crippen LogP contribution in [0, 0.1) is 6.20 Å². The molecule has 0 fully saturated rings. The lowest BCUT2D eigenvalue weighted by Crippen LogP contribution is -1.96. The lowest BCUT2D eigenvalue weighted by Gasteiger charge is -2.07. The topological polar surface area (TPSA) is 17.8 Å². The van der Waals surface area contributed by atoms with Gasteiger partial charge in [0.05, 0.1) is 12.4 Å². The normalized spacial score (nSPS) is 10.5. The Balaban J connectivity index is 2.13. The first-order chi connectivity index (χ1) is 8.84. The maximum absolute atomic E-state index is 6.01. The molecular weight excluding hydrogens is 244 g/mol. The van der Waals surface area contributed by atoms with Gasteiger partial charge >= 0.3 is 0 Å². The molecule has 3 rings (SSSR count). The van der Waals surface area contributed by atoms with E-state index in [4.69, 9.17) is 11.6 Å². The fraction of sp³-hybridized carbons (Fsp3) is 0. The van der Waals surface area contributed by atoms with Gasteiger partial charge in [-0.25, -0.2) is 4.98 Å². The third kappa shape index (κ3) is 2.03. The van der Waals surface area contributed by atoms with Gasteiger partial charge < -0.3 is 0 Å². The molecule has 0 aliphatic carbocycles. The van der Waals surface area contributed by atoms with Gasteiger partial charge in [-0.3, -0.25) is 4.57 Å². The van der Waals surface area contributed by atoms with Crippen molar-refractivity contribution in [3.05, 3.63) is 72.0 Å². The largest absolute Gasteiger partial charge is 0.291 e. The molecule has 0 amide bonds. The van der Waals surface area contributed by atoms with Crippen molar-refractivity contribution in [2.24, 2.45) is 0 Å². The van der Waals surface area contributed by atoms with Gasteiger partial charge in [0.15, 0.2) is 0 Å². The van der Waals surface area contributed by atoms with Crippen LogP contribution in [0.15, 0.2) is 60.8 Å². The number of hydrogen-bond donors (Lipinski definition) is 0. The Kier molecular flexibility index (Phi) is 2.87. The molecule has 2 aromatic carbocycles. The van der Waals surface area contributed by atoms with Crippen molar-refractivity contribution in [3.8, 4) is 17.1 Å². The van der Waals surface area contributed by atoms with Crippen LogP contribution in [-0.4, -0.2) is 9.55 Å². The first kappa shape index (κ1) is 11.1. The van der Waals surface area contributed by atoms with Crippen molar-refractivity contribution in [2.45, 2.75) is 0 Å². The molecule has 3 heteroatoms. The van der Waals surface area contributed by atoms with Crippen molar-refractivity contribution in [1.82, 2.24) is 9.55 Å². The average Bonchev–Trinajstić information content (AvgIpc) is 2.89. The van der Waals surface area contributed by atoms with E-state index in [1.165, 1.54) is 0 Å². The van der Waals surface area contributed by atoms with Gasteiger partial charge in [0.2, 0.25) is 0 Å². The summed E-state index contributed by atoms with van der Waals surface area (Å²) in [5.74, 6) is 0.859. The second-order valence-electron chi connectivity index (χ2n) is 3.89. The molecule has 1 heterocycles. The summed E-state index contributed by atoms with van der Waals surface area (Å²) >= 11 is 6.01. The van der Waals surface area contributed by atoms with E-state index in [1.54, 1.807) is 6.20 Å². The Bertz CT molecular complexity index is 659. The number of halogens is 1. The number of nitrogens with zero attached hydrogens (tertiary/aromatic N) is 2. The highest BCUT2D eigenvalue weighted by atomic mass is 35.5. The third-order valence-corrected chi connectivity index (χ3v) is 2.92. The first-order valence-corrected chi connectivity index (χ1v) is 5.99. The van der Waals surface area contributed by atoms with E-state index in [9.17, 15) is 0 Å². The molecule has 2 nitrogen and oxygen atoms in total. The molecule has 0 saturated carbocycles. The van der Waals surface area contributed by atoms with Gasteiger partial charge in [-0.2, -0.15) is 0 Å². The van der Waals surface area contributed by atoms with Crippen LogP contribution < -0.4 is 0 Å². The Morgan fingerprint density at radius 3 is 2.61 bits per heavy atom. The van der Waals surface area contributed by atoms with Crippen molar-refractivity contribution in [3.63, 3.8) is 0 Å². The zero-order valence-corrected chi connectivity index (χ0v) is 10.3. The lowest BCUT2D eigenvalue weighted by molar-refractivity contribution is 1.06. The maximum Gasteiger partial charge on any atom is 0.145 e. The van der Waals surface area contributed by atoms with E-state index >= 15 is 0 Å². The number of aromatic nitrogens is 2. The summed E-state index contributed by atoms with van der Waals surface area (Å²) in [4.78, 5) is 4.36. The highest BCUT2D eigenvalue weighted by Gasteiger charge is 2.07. The molecule has 18 heavy (non-hydrogen) atoms. The van der Waals surface area contributed by atoms with E-state index in [1.807, 2.05) is 59.2 Å². The predicted octanol–water partition coefficient (Wildman–Crippen LogP) is 3.99. The molecule has 1 radical (unpaired) electrons. The van der Waals surface area contributed by atoms with Crippen molar-refractivity contribution >= 4 is 11.6 Å². The fourth-order valence-electron chi connectivity index (χ4n) is 1.87. The summed E-state index contributed by atoms with van der Waals surface area (Å²) in [5.41, 5.74) is 2.01. The van der Waals surface area contributed by atoms with E-state index in [-0.39, 0.29) is 0 Å². The van der Waals surface area contributed by atoms with E-state index in [0.717, 1.165) is 17.1 Å². The average molecular weight is 254 g/mol. The minimum atomic E-state index is 0.702. The molecule has 1 aromatic heterocycles. The number of hydrogen-bond acceptors (Lipinski definition) is 1. The molecule has 3 aromatic rings. The van der Waals surface area contributed by atoms with Crippen molar-refractivity contribution in [1.29, 1.82) is 0 Å². The van der Waals surface area contributed by atoms with Gasteiger partial charge in [-0.05, 0) is 18.2 Å². The van der Waals surface area contributed by atoms with Crippen LogP contribution in [0.4, 0.5) is 0 Å². The molecule has 0 bridgehead atoms. The van der Waals surface area contributed by atoms with Gasteiger partial charge in [0, 0.05) is 16.3 Å². The molecule has 0 aliphatic heterocycles. The van der Waals surface area contributed by atoms with Crippen LogP contribution in [0.2, 0.25) is 5.02 Å². The maximum atomic E-state index is 6.01. The standard InChI is InChI=1S/C15H10ClN2/c16-13-7-4-8-14(11-13)18-10-9-17-15(18)12-5-2-1-3-6-12/h1-9,11H. The fourth-order valence-corrected chi connectivity index (χ4v) is 2.05. The van der Waals surface area contributed by atoms with Gasteiger partial charge in [0.1, 0.15) is 5.82 Å². The Morgan fingerprint density at radius 2 is 1.83 bits per heavy atom. The van der Waals surface area contributed by atoms with E-state index < -0.39 is 0 Å². The minimum absolute atomic E-state index is 0.702. The SMILES string of the molecule is Clc1cccc(-n2[c]cnc2-c2ccccc2)c1. The van der Waals surface area contributed by atoms with Crippen LogP contribution in [0.3, 0.4) is 0 Å². The van der Waals surface area contributed by atoms with Crippen LogP contribution in [-0.2, 0) is 0 Å². The lowest BCUT2D eigenvalue weighted by atomic mass is 10.2. The van der Waals surface area contributed by atoms with Crippen LogP contribution in [0.25, 0.3) is 17.1 Å².